The molecule has 0 aromatic rings. The zero-order valence-corrected chi connectivity index (χ0v) is 7.19. The fourth-order valence-electron chi connectivity index (χ4n) is 0.907. The van der Waals surface area contributed by atoms with E-state index in [9.17, 15) is 9.59 Å². The van der Waals surface area contributed by atoms with Crippen molar-refractivity contribution in [3.63, 3.8) is 0 Å². The van der Waals surface area contributed by atoms with Gasteiger partial charge in [0.2, 0.25) is 12.7 Å². The van der Waals surface area contributed by atoms with Gasteiger partial charge in [-0.2, -0.15) is 0 Å². The molecule has 0 aromatic carbocycles. The molecule has 0 aliphatic rings. The number of amides is 1. The van der Waals surface area contributed by atoms with Crippen LogP contribution in [-0.4, -0.2) is 29.5 Å². The summed E-state index contributed by atoms with van der Waals surface area (Å²) in [5.74, 6) is -0.361. The molecule has 0 saturated carbocycles. The minimum Gasteiger partial charge on any atom is -0.290 e. The van der Waals surface area contributed by atoms with E-state index in [4.69, 9.17) is 5.21 Å². The molecule has 0 heterocycles. The molecule has 69 valence electrons. The summed E-state index contributed by atoms with van der Waals surface area (Å²) >= 11 is 0. The molecule has 4 nitrogen and oxygen atoms in total. The number of unbranched alkanes of at least 4 members (excludes halogenated alkanes) is 1. The number of carbonyl (C=O) groups excluding carboxylic acids is 2. The summed E-state index contributed by atoms with van der Waals surface area (Å²) < 4.78 is 0. The third-order valence-corrected chi connectivity index (χ3v) is 1.60. The summed E-state index contributed by atoms with van der Waals surface area (Å²) in [5, 5.41) is 9.22. The van der Waals surface area contributed by atoms with E-state index in [1.807, 2.05) is 6.92 Å². The molecule has 1 N–H and O–H groups in total. The van der Waals surface area contributed by atoms with Crippen molar-refractivity contribution in [3.8, 4) is 0 Å². The van der Waals surface area contributed by atoms with Crippen molar-refractivity contribution in [2.24, 2.45) is 5.92 Å². The summed E-state index contributed by atoms with van der Waals surface area (Å²) in [5.41, 5.74) is 0. The number of hydroxylamine groups is 2. The van der Waals surface area contributed by atoms with Gasteiger partial charge in [-0.15, -0.1) is 0 Å². The quantitative estimate of drug-likeness (QED) is 0.350. The fraction of sp³-hybridized carbons (Fsp3) is 0.750. The lowest BCUT2D eigenvalue weighted by Gasteiger charge is -2.12. The lowest BCUT2D eigenvalue weighted by Crippen LogP contribution is -2.25. The first-order chi connectivity index (χ1) is 5.74. The Balaban J connectivity index is 3.66. The highest BCUT2D eigenvalue weighted by Crippen LogP contribution is 2.06. The van der Waals surface area contributed by atoms with Crippen LogP contribution in [0.2, 0.25) is 0 Å². The molecule has 0 aliphatic heterocycles. The van der Waals surface area contributed by atoms with Crippen molar-refractivity contribution >= 4 is 12.7 Å². The minimum absolute atomic E-state index is 0.0486. The van der Waals surface area contributed by atoms with Crippen LogP contribution >= 0.6 is 0 Å². The van der Waals surface area contributed by atoms with E-state index < -0.39 is 0 Å². The van der Waals surface area contributed by atoms with Gasteiger partial charge in [0.05, 0.1) is 6.54 Å². The molecule has 0 rings (SSSR count). The van der Waals surface area contributed by atoms with Gasteiger partial charge in [0.15, 0.2) is 0 Å². The molecule has 0 aromatic heterocycles. The second kappa shape index (κ2) is 6.79. The van der Waals surface area contributed by atoms with Crippen LogP contribution in [0, 0.1) is 5.92 Å². The second-order valence-electron chi connectivity index (χ2n) is 2.68. The number of hydrogen-bond acceptors (Lipinski definition) is 3. The normalized spacial score (nSPS) is 12.2. The van der Waals surface area contributed by atoms with Crippen molar-refractivity contribution in [1.82, 2.24) is 5.06 Å². The first-order valence-corrected chi connectivity index (χ1v) is 4.03. The standard InChI is InChI=1S/C8H14NO3/c1-2-3-4-8(6-10)5-9(12)7-11/h7-8,12H,2-5H2,1H3. The van der Waals surface area contributed by atoms with Crippen LogP contribution in [-0.2, 0) is 9.59 Å². The van der Waals surface area contributed by atoms with Gasteiger partial charge in [-0.25, -0.2) is 5.06 Å². The smallest absolute Gasteiger partial charge is 0.233 e. The summed E-state index contributed by atoms with van der Waals surface area (Å²) in [7, 11) is 0. The summed E-state index contributed by atoms with van der Waals surface area (Å²) in [6.07, 6.45) is 4.65. The highest BCUT2D eigenvalue weighted by molar-refractivity contribution is 5.56. The van der Waals surface area contributed by atoms with Crippen LogP contribution in [0.1, 0.15) is 26.2 Å². The van der Waals surface area contributed by atoms with Crippen LogP contribution in [0.15, 0.2) is 0 Å². The van der Waals surface area contributed by atoms with Gasteiger partial charge in [-0.1, -0.05) is 19.8 Å². The van der Waals surface area contributed by atoms with Gasteiger partial charge in [0.1, 0.15) is 0 Å². The van der Waals surface area contributed by atoms with E-state index in [0.717, 1.165) is 12.8 Å². The summed E-state index contributed by atoms with van der Waals surface area (Å²) in [6.45, 7) is 2.06. The zero-order valence-electron chi connectivity index (χ0n) is 7.19. The van der Waals surface area contributed by atoms with E-state index in [1.54, 1.807) is 6.29 Å². The first kappa shape index (κ1) is 11.1. The van der Waals surface area contributed by atoms with Crippen molar-refractivity contribution < 1.29 is 14.8 Å². The maximum absolute atomic E-state index is 10.3. The highest BCUT2D eigenvalue weighted by Gasteiger charge is 2.10. The maximum Gasteiger partial charge on any atom is 0.233 e. The molecule has 1 unspecified atom stereocenters. The number of carbonyl (C=O) groups is 1. The zero-order chi connectivity index (χ0) is 9.40. The molecule has 0 bridgehead atoms. The van der Waals surface area contributed by atoms with Crippen molar-refractivity contribution in [2.45, 2.75) is 26.2 Å². The van der Waals surface area contributed by atoms with Gasteiger partial charge in [0.25, 0.3) is 0 Å². The van der Waals surface area contributed by atoms with E-state index in [2.05, 4.69) is 0 Å². The predicted molar refractivity (Wildman–Crippen MR) is 43.3 cm³/mol. The van der Waals surface area contributed by atoms with Gasteiger partial charge >= 0.3 is 0 Å². The van der Waals surface area contributed by atoms with Crippen molar-refractivity contribution in [2.75, 3.05) is 6.54 Å². The number of nitrogens with zero attached hydrogens (tertiary/aromatic N) is 1. The maximum atomic E-state index is 10.3. The van der Waals surface area contributed by atoms with Gasteiger partial charge in [0, 0.05) is 5.92 Å². The lowest BCUT2D eigenvalue weighted by atomic mass is 10.0. The Hall–Kier alpha value is -0.900. The molecule has 4 heteroatoms. The molecule has 0 spiro atoms. The molecule has 12 heavy (non-hydrogen) atoms. The molecule has 0 fully saturated rings. The molecule has 1 atom stereocenters. The van der Waals surface area contributed by atoms with E-state index in [0.29, 0.717) is 11.5 Å². The van der Waals surface area contributed by atoms with Gasteiger partial charge in [-0.05, 0) is 6.42 Å². The molecule has 0 aliphatic carbocycles. The largest absolute Gasteiger partial charge is 0.290 e. The third kappa shape index (κ3) is 4.85. The van der Waals surface area contributed by atoms with Crippen LogP contribution in [0.4, 0.5) is 0 Å². The molecule has 0 saturated heterocycles. The monoisotopic (exact) mass is 172 g/mol. The summed E-state index contributed by atoms with van der Waals surface area (Å²) in [4.78, 5) is 20.3. The predicted octanol–water partition coefficient (Wildman–Crippen LogP) is 0.750. The third-order valence-electron chi connectivity index (χ3n) is 1.60. The van der Waals surface area contributed by atoms with Crippen molar-refractivity contribution in [3.05, 3.63) is 0 Å². The molecular formula is C8H14NO3. The molecular weight excluding hydrogens is 158 g/mol. The minimum atomic E-state index is -0.361. The first-order valence-electron chi connectivity index (χ1n) is 4.03. The highest BCUT2D eigenvalue weighted by atomic mass is 16.5. The Morgan fingerprint density at radius 3 is 2.75 bits per heavy atom. The van der Waals surface area contributed by atoms with Crippen LogP contribution in [0.5, 0.6) is 0 Å². The Kier molecular flexibility index (Phi) is 6.28. The Labute approximate surface area is 72.1 Å². The SMILES string of the molecule is CCCCC([C]=O)CN(O)C=O. The van der Waals surface area contributed by atoms with E-state index in [1.165, 1.54) is 0 Å². The lowest BCUT2D eigenvalue weighted by molar-refractivity contribution is -0.151. The Bertz CT molecular complexity index is 138. The Morgan fingerprint density at radius 2 is 2.33 bits per heavy atom. The van der Waals surface area contributed by atoms with E-state index in [-0.39, 0.29) is 18.9 Å². The van der Waals surface area contributed by atoms with Crippen LogP contribution in [0.3, 0.4) is 0 Å². The number of rotatable bonds is 7. The van der Waals surface area contributed by atoms with Gasteiger partial charge < -0.3 is 0 Å². The summed E-state index contributed by atoms with van der Waals surface area (Å²) in [6, 6.07) is 0. The van der Waals surface area contributed by atoms with Gasteiger partial charge in [-0.3, -0.25) is 14.8 Å². The Morgan fingerprint density at radius 1 is 1.67 bits per heavy atom. The average molecular weight is 172 g/mol. The average Bonchev–Trinajstić information content (AvgIpc) is 2.11. The number of hydrogen-bond donors (Lipinski definition) is 1. The second-order valence-corrected chi connectivity index (χ2v) is 2.68. The fourth-order valence-corrected chi connectivity index (χ4v) is 0.907. The van der Waals surface area contributed by atoms with Crippen molar-refractivity contribution in [1.29, 1.82) is 0 Å². The topological polar surface area (TPSA) is 57.6 Å². The van der Waals surface area contributed by atoms with Crippen LogP contribution < -0.4 is 0 Å². The van der Waals surface area contributed by atoms with Crippen LogP contribution in [0.25, 0.3) is 0 Å². The molecule has 1 radical (unpaired) electrons. The van der Waals surface area contributed by atoms with E-state index >= 15 is 0 Å². The molecule has 1 amide bonds.